The van der Waals surface area contributed by atoms with Crippen LogP contribution in [-0.2, 0) is 5.41 Å². The molecule has 0 radical (unpaired) electrons. The van der Waals surface area contributed by atoms with Crippen LogP contribution in [0.4, 0.5) is 11.5 Å². The average Bonchev–Trinajstić information content (AvgIpc) is 3.19. The van der Waals surface area contributed by atoms with E-state index in [4.69, 9.17) is 0 Å². The molecule has 1 aliphatic heterocycles. The lowest BCUT2D eigenvalue weighted by Gasteiger charge is -2.19. The predicted molar refractivity (Wildman–Crippen MR) is 109 cm³/mol. The van der Waals surface area contributed by atoms with Crippen molar-refractivity contribution in [1.29, 1.82) is 0 Å². The summed E-state index contributed by atoms with van der Waals surface area (Å²) in [5.41, 5.74) is 3.09. The average molecular weight is 367 g/mol. The Balaban J connectivity index is 1.46. The number of hydrogen-bond acceptors (Lipinski definition) is 5. The van der Waals surface area contributed by atoms with Gasteiger partial charge in [-0.3, -0.25) is 4.79 Å². The lowest BCUT2D eigenvalue weighted by Crippen LogP contribution is -2.29. The first kappa shape index (κ1) is 19.1. The van der Waals surface area contributed by atoms with Gasteiger partial charge in [0.25, 0.3) is 5.91 Å². The fourth-order valence-corrected chi connectivity index (χ4v) is 3.18. The van der Waals surface area contributed by atoms with Crippen molar-refractivity contribution < 1.29 is 4.79 Å². The minimum Gasteiger partial charge on any atom is -0.370 e. The van der Waals surface area contributed by atoms with Crippen molar-refractivity contribution in [3.05, 3.63) is 47.7 Å². The fraction of sp³-hybridized carbons (Fsp3) is 0.476. The van der Waals surface area contributed by atoms with Gasteiger partial charge in [0.05, 0.1) is 11.9 Å². The van der Waals surface area contributed by atoms with Crippen LogP contribution in [-0.4, -0.2) is 42.3 Å². The van der Waals surface area contributed by atoms with Crippen LogP contribution in [0.2, 0.25) is 0 Å². The molecule has 0 unspecified atom stereocenters. The number of carbonyl (C=O) groups excluding carboxylic acids is 1. The molecule has 27 heavy (non-hydrogen) atoms. The first-order valence-electron chi connectivity index (χ1n) is 9.64. The summed E-state index contributed by atoms with van der Waals surface area (Å²) in [7, 11) is 0. The monoisotopic (exact) mass is 367 g/mol. The van der Waals surface area contributed by atoms with Gasteiger partial charge >= 0.3 is 0 Å². The third kappa shape index (κ3) is 5.18. The smallest absolute Gasteiger partial charge is 0.251 e. The van der Waals surface area contributed by atoms with Crippen LogP contribution in [0, 0.1) is 0 Å². The number of anilines is 2. The van der Waals surface area contributed by atoms with Crippen molar-refractivity contribution in [3.63, 3.8) is 0 Å². The molecule has 0 spiro atoms. The van der Waals surface area contributed by atoms with Crippen molar-refractivity contribution in [3.8, 4) is 0 Å². The number of benzene rings is 1. The largest absolute Gasteiger partial charge is 0.370 e. The molecule has 1 aliphatic rings. The summed E-state index contributed by atoms with van der Waals surface area (Å²) in [6.45, 7) is 9.77. The number of hydrogen-bond donors (Lipinski definition) is 2. The van der Waals surface area contributed by atoms with Crippen LogP contribution in [0.15, 0.2) is 36.5 Å². The van der Waals surface area contributed by atoms with E-state index in [2.05, 4.69) is 46.5 Å². The summed E-state index contributed by atoms with van der Waals surface area (Å²) < 4.78 is 0. The first-order valence-corrected chi connectivity index (χ1v) is 9.64. The third-order valence-electron chi connectivity index (χ3n) is 4.84. The second-order valence-corrected chi connectivity index (χ2v) is 8.00. The molecule has 2 aromatic rings. The maximum Gasteiger partial charge on any atom is 0.251 e. The normalized spacial score (nSPS) is 14.3. The molecule has 0 saturated carbocycles. The Morgan fingerprint density at radius 3 is 2.48 bits per heavy atom. The lowest BCUT2D eigenvalue weighted by atomic mass is 9.87. The van der Waals surface area contributed by atoms with Crippen LogP contribution < -0.4 is 15.5 Å². The van der Waals surface area contributed by atoms with E-state index in [1.165, 1.54) is 18.4 Å². The minimum absolute atomic E-state index is 0.0610. The van der Waals surface area contributed by atoms with Gasteiger partial charge in [-0.2, -0.15) is 5.10 Å². The van der Waals surface area contributed by atoms with Crippen LogP contribution in [0.1, 0.15) is 49.5 Å². The predicted octanol–water partition coefficient (Wildman–Crippen LogP) is 3.22. The summed E-state index contributed by atoms with van der Waals surface area (Å²) >= 11 is 0. The van der Waals surface area contributed by atoms with Crippen molar-refractivity contribution in [2.75, 3.05) is 36.4 Å². The molecule has 6 heteroatoms. The van der Waals surface area contributed by atoms with Crippen LogP contribution in [0.3, 0.4) is 0 Å². The molecule has 0 bridgehead atoms. The van der Waals surface area contributed by atoms with Crippen molar-refractivity contribution in [2.24, 2.45) is 0 Å². The highest BCUT2D eigenvalue weighted by Crippen LogP contribution is 2.22. The van der Waals surface area contributed by atoms with Crippen molar-refractivity contribution >= 4 is 17.4 Å². The van der Waals surface area contributed by atoms with Gasteiger partial charge in [-0.15, -0.1) is 5.10 Å². The van der Waals surface area contributed by atoms with E-state index < -0.39 is 0 Å². The molecule has 1 aromatic carbocycles. The van der Waals surface area contributed by atoms with E-state index in [0.29, 0.717) is 18.7 Å². The van der Waals surface area contributed by atoms with E-state index in [0.717, 1.165) is 24.6 Å². The summed E-state index contributed by atoms with van der Waals surface area (Å²) in [6.07, 6.45) is 4.27. The van der Waals surface area contributed by atoms with Gasteiger partial charge in [-0.1, -0.05) is 32.9 Å². The Hall–Kier alpha value is -2.63. The van der Waals surface area contributed by atoms with Gasteiger partial charge in [0.2, 0.25) is 0 Å². The Kier molecular flexibility index (Phi) is 5.94. The molecular formula is C21H29N5O. The highest BCUT2D eigenvalue weighted by atomic mass is 16.1. The zero-order chi connectivity index (χ0) is 19.3. The van der Waals surface area contributed by atoms with E-state index in [1.54, 1.807) is 6.20 Å². The van der Waals surface area contributed by atoms with Crippen molar-refractivity contribution in [1.82, 2.24) is 15.5 Å². The summed E-state index contributed by atoms with van der Waals surface area (Å²) in [5.74, 6) is 0.678. The molecule has 0 aliphatic carbocycles. The van der Waals surface area contributed by atoms with E-state index in [1.807, 2.05) is 30.3 Å². The molecule has 3 rings (SSSR count). The lowest BCUT2D eigenvalue weighted by molar-refractivity contribution is 0.0955. The molecule has 2 heterocycles. The highest BCUT2D eigenvalue weighted by molar-refractivity contribution is 5.94. The van der Waals surface area contributed by atoms with E-state index in [9.17, 15) is 4.79 Å². The Morgan fingerprint density at radius 2 is 1.81 bits per heavy atom. The van der Waals surface area contributed by atoms with Crippen molar-refractivity contribution in [2.45, 2.75) is 39.0 Å². The summed E-state index contributed by atoms with van der Waals surface area (Å²) in [5, 5.41) is 14.4. The zero-order valence-corrected chi connectivity index (χ0v) is 16.5. The Labute approximate surface area is 161 Å². The Bertz CT molecular complexity index is 761. The second-order valence-electron chi connectivity index (χ2n) is 8.00. The zero-order valence-electron chi connectivity index (χ0n) is 16.5. The number of nitrogens with one attached hydrogen (secondary N) is 2. The molecule has 1 fully saturated rings. The van der Waals surface area contributed by atoms with Gasteiger partial charge in [0.15, 0.2) is 5.82 Å². The number of carbonyl (C=O) groups is 1. The van der Waals surface area contributed by atoms with Crippen LogP contribution in [0.5, 0.6) is 0 Å². The standard InChI is InChI=1S/C21H29N5O/c1-21(2,3)17-8-6-16(7-9-17)20(27)23-11-10-22-19-14-18(15-24-25-19)26-12-4-5-13-26/h6-9,14-15H,4-5,10-13H2,1-3H3,(H,22,25)(H,23,27). The molecule has 2 N–H and O–H groups in total. The number of nitrogens with zero attached hydrogens (tertiary/aromatic N) is 3. The number of amides is 1. The van der Waals surface area contributed by atoms with Gasteiger partial charge in [-0.25, -0.2) is 0 Å². The fourth-order valence-electron chi connectivity index (χ4n) is 3.18. The maximum absolute atomic E-state index is 12.3. The van der Waals surface area contributed by atoms with Gasteiger partial charge < -0.3 is 15.5 Å². The molecule has 1 aromatic heterocycles. The summed E-state index contributed by atoms with van der Waals surface area (Å²) in [4.78, 5) is 14.6. The maximum atomic E-state index is 12.3. The van der Waals surface area contributed by atoms with Crippen LogP contribution in [0.25, 0.3) is 0 Å². The number of rotatable bonds is 6. The minimum atomic E-state index is -0.0610. The van der Waals surface area contributed by atoms with Crippen LogP contribution >= 0.6 is 0 Å². The quantitative estimate of drug-likeness (QED) is 0.767. The number of aromatic nitrogens is 2. The molecule has 1 amide bonds. The van der Waals surface area contributed by atoms with Gasteiger partial charge in [-0.05, 0) is 36.0 Å². The molecule has 144 valence electrons. The molecule has 6 nitrogen and oxygen atoms in total. The molecular weight excluding hydrogens is 338 g/mol. The van der Waals surface area contributed by atoms with Gasteiger partial charge in [0, 0.05) is 37.8 Å². The van der Waals surface area contributed by atoms with E-state index >= 15 is 0 Å². The Morgan fingerprint density at radius 1 is 1.11 bits per heavy atom. The summed E-state index contributed by atoms with van der Waals surface area (Å²) in [6, 6.07) is 9.83. The molecule has 1 saturated heterocycles. The topological polar surface area (TPSA) is 70.2 Å². The van der Waals surface area contributed by atoms with Gasteiger partial charge in [0.1, 0.15) is 0 Å². The molecule has 0 atom stereocenters. The third-order valence-corrected chi connectivity index (χ3v) is 4.84. The highest BCUT2D eigenvalue weighted by Gasteiger charge is 2.15. The first-order chi connectivity index (χ1) is 12.9. The SMILES string of the molecule is CC(C)(C)c1ccc(C(=O)NCCNc2cc(N3CCCC3)cnn2)cc1. The second kappa shape index (κ2) is 8.37. The van der Waals surface area contributed by atoms with E-state index in [-0.39, 0.29) is 11.3 Å².